The van der Waals surface area contributed by atoms with Gasteiger partial charge in [-0.2, -0.15) is 0 Å². The van der Waals surface area contributed by atoms with Gasteiger partial charge in [0.15, 0.2) is 6.04 Å². The van der Waals surface area contributed by atoms with Gasteiger partial charge in [-0.05, 0) is 32.8 Å². The van der Waals surface area contributed by atoms with E-state index in [1.807, 2.05) is 37.3 Å². The highest BCUT2D eigenvalue weighted by molar-refractivity contribution is 6.67. The largest absolute Gasteiger partial charge is 0.461 e. The summed E-state index contributed by atoms with van der Waals surface area (Å²) in [5, 5.41) is 0. The molecule has 0 N–H and O–H groups in total. The second-order valence-electron chi connectivity index (χ2n) is 10.7. The molecule has 1 aliphatic rings. The molecule has 0 aromatic heterocycles. The van der Waals surface area contributed by atoms with Crippen LogP contribution in [0.3, 0.4) is 0 Å². The molecule has 1 saturated heterocycles. The number of halogens is 3. The van der Waals surface area contributed by atoms with Gasteiger partial charge in [-0.3, -0.25) is 14.5 Å². The summed E-state index contributed by atoms with van der Waals surface area (Å²) < 4.78 is 14.4. The highest BCUT2D eigenvalue weighted by Gasteiger charge is 2.41. The van der Waals surface area contributed by atoms with E-state index >= 15 is 0 Å². The van der Waals surface area contributed by atoms with E-state index in [2.05, 4.69) is 0 Å². The number of carbonyl (C=O) groups is 4. The molecule has 9 nitrogen and oxygen atoms in total. The SMILES string of the molecule is CCCCC[C@H](CC(=O)OCC(Cl)(Cl)Cl)C(=O)N1CCN(C(=O)OC(C)(C)C)[C@@H](C(=O)OCc2ccccc2)C1. The summed E-state index contributed by atoms with van der Waals surface area (Å²) in [5.41, 5.74) is 0.00714. The summed E-state index contributed by atoms with van der Waals surface area (Å²) in [6.07, 6.45) is 2.13. The lowest BCUT2D eigenvalue weighted by Crippen LogP contribution is -2.61. The Morgan fingerprint density at radius 3 is 2.27 bits per heavy atom. The number of hydrogen-bond donors (Lipinski definition) is 0. The zero-order valence-corrected chi connectivity index (χ0v) is 25.8. The van der Waals surface area contributed by atoms with Crippen molar-refractivity contribution >= 4 is 58.7 Å². The molecule has 0 spiro atoms. The van der Waals surface area contributed by atoms with Crippen LogP contribution in [0.4, 0.5) is 4.79 Å². The minimum absolute atomic E-state index is 0.0148. The summed E-state index contributed by atoms with van der Waals surface area (Å²) in [5.74, 6) is -2.32. The standard InChI is InChI=1S/C28H39Cl3N2O7/c1-5-6-8-13-21(16-23(34)39-19-28(29,30)31)24(35)32-14-15-33(26(37)40-27(2,3)4)22(17-32)25(36)38-18-20-11-9-7-10-12-20/h7,9-12,21-22H,5-6,8,13-19H2,1-4H3/t21-,22-/m1/s1. The Balaban J connectivity index is 2.19. The summed E-state index contributed by atoms with van der Waals surface area (Å²) >= 11 is 17.0. The fourth-order valence-electron chi connectivity index (χ4n) is 4.18. The zero-order chi connectivity index (χ0) is 29.9. The lowest BCUT2D eigenvalue weighted by Gasteiger charge is -2.41. The minimum atomic E-state index is -1.76. The van der Waals surface area contributed by atoms with Gasteiger partial charge < -0.3 is 19.1 Å². The van der Waals surface area contributed by atoms with Crippen LogP contribution >= 0.6 is 34.8 Å². The van der Waals surface area contributed by atoms with E-state index in [9.17, 15) is 19.2 Å². The summed E-state index contributed by atoms with van der Waals surface area (Å²) in [6.45, 7) is 6.94. The molecular weight excluding hydrogens is 583 g/mol. The Morgan fingerprint density at radius 1 is 1.00 bits per heavy atom. The molecule has 2 rings (SSSR count). The van der Waals surface area contributed by atoms with Crippen molar-refractivity contribution < 1.29 is 33.4 Å². The predicted molar refractivity (Wildman–Crippen MR) is 153 cm³/mol. The Bertz CT molecular complexity index is 996. The molecule has 1 heterocycles. The van der Waals surface area contributed by atoms with Crippen LogP contribution in [0.25, 0.3) is 0 Å². The number of nitrogens with zero attached hydrogens (tertiary/aromatic N) is 2. The van der Waals surface area contributed by atoms with Gasteiger partial charge in [-0.15, -0.1) is 0 Å². The van der Waals surface area contributed by atoms with E-state index < -0.39 is 46.0 Å². The minimum Gasteiger partial charge on any atom is -0.461 e. The number of alkyl halides is 3. The van der Waals surface area contributed by atoms with Crippen molar-refractivity contribution in [2.45, 2.75) is 81.8 Å². The molecule has 224 valence electrons. The molecule has 0 radical (unpaired) electrons. The molecule has 12 heteroatoms. The predicted octanol–water partition coefficient (Wildman–Crippen LogP) is 5.68. The van der Waals surface area contributed by atoms with Crippen LogP contribution in [0, 0.1) is 5.92 Å². The van der Waals surface area contributed by atoms with E-state index in [0.717, 1.165) is 24.8 Å². The Labute approximate surface area is 251 Å². The molecular formula is C28H39Cl3N2O7. The number of carbonyl (C=O) groups excluding carboxylic acids is 4. The first-order valence-electron chi connectivity index (χ1n) is 13.4. The maximum absolute atomic E-state index is 13.6. The van der Waals surface area contributed by atoms with Crippen LogP contribution in [-0.4, -0.2) is 75.4 Å². The molecule has 0 bridgehead atoms. The van der Waals surface area contributed by atoms with Crippen molar-refractivity contribution in [3.8, 4) is 0 Å². The van der Waals surface area contributed by atoms with Gasteiger partial charge in [0, 0.05) is 19.0 Å². The molecule has 1 fully saturated rings. The highest BCUT2D eigenvalue weighted by atomic mass is 35.6. The molecule has 1 aromatic carbocycles. The van der Waals surface area contributed by atoms with Crippen molar-refractivity contribution in [2.24, 2.45) is 5.92 Å². The van der Waals surface area contributed by atoms with Crippen molar-refractivity contribution in [1.29, 1.82) is 0 Å². The average Bonchev–Trinajstić information content (AvgIpc) is 2.88. The van der Waals surface area contributed by atoms with Gasteiger partial charge in [-0.1, -0.05) is 91.3 Å². The second kappa shape index (κ2) is 15.7. The fraction of sp³-hybridized carbons (Fsp3) is 0.643. The van der Waals surface area contributed by atoms with E-state index in [-0.39, 0.29) is 38.6 Å². The van der Waals surface area contributed by atoms with E-state index in [1.165, 1.54) is 9.80 Å². The normalized spacial score (nSPS) is 16.7. The molecule has 1 aliphatic heterocycles. The molecule has 0 unspecified atom stereocenters. The van der Waals surface area contributed by atoms with Crippen LogP contribution in [0.15, 0.2) is 30.3 Å². The number of piperazine rings is 1. The van der Waals surface area contributed by atoms with Gasteiger partial charge >= 0.3 is 18.0 Å². The first kappa shape index (κ1) is 34.0. The van der Waals surface area contributed by atoms with E-state index in [0.29, 0.717) is 6.42 Å². The Morgan fingerprint density at radius 2 is 1.68 bits per heavy atom. The third-order valence-electron chi connectivity index (χ3n) is 6.13. The third-order valence-corrected chi connectivity index (χ3v) is 6.46. The Hall–Kier alpha value is -2.23. The van der Waals surface area contributed by atoms with Gasteiger partial charge in [0.2, 0.25) is 9.70 Å². The second-order valence-corrected chi connectivity index (χ2v) is 13.3. The van der Waals surface area contributed by atoms with E-state index in [4.69, 9.17) is 49.0 Å². The van der Waals surface area contributed by atoms with Crippen molar-refractivity contribution in [2.75, 3.05) is 26.2 Å². The quantitative estimate of drug-likeness (QED) is 0.136. The average molecular weight is 622 g/mol. The molecule has 2 amide bonds. The van der Waals surface area contributed by atoms with Crippen molar-refractivity contribution in [3.05, 3.63) is 35.9 Å². The first-order valence-corrected chi connectivity index (χ1v) is 14.5. The van der Waals surface area contributed by atoms with Crippen LogP contribution in [0.1, 0.15) is 65.4 Å². The topological polar surface area (TPSA) is 102 Å². The van der Waals surface area contributed by atoms with Gasteiger partial charge in [0.1, 0.15) is 18.8 Å². The number of hydrogen-bond acceptors (Lipinski definition) is 7. The van der Waals surface area contributed by atoms with Gasteiger partial charge in [0.05, 0.1) is 13.0 Å². The molecule has 1 aromatic rings. The maximum atomic E-state index is 13.6. The highest BCUT2D eigenvalue weighted by Crippen LogP contribution is 2.27. The summed E-state index contributed by atoms with van der Waals surface area (Å²) in [4.78, 5) is 55.1. The van der Waals surface area contributed by atoms with Gasteiger partial charge in [-0.25, -0.2) is 9.59 Å². The van der Waals surface area contributed by atoms with Crippen molar-refractivity contribution in [1.82, 2.24) is 9.80 Å². The number of rotatable bonds is 11. The number of amides is 2. The van der Waals surface area contributed by atoms with Crippen molar-refractivity contribution in [3.63, 3.8) is 0 Å². The fourth-order valence-corrected chi connectivity index (χ4v) is 4.35. The lowest BCUT2D eigenvalue weighted by atomic mass is 9.95. The lowest BCUT2D eigenvalue weighted by molar-refractivity contribution is -0.157. The molecule has 2 atom stereocenters. The number of benzene rings is 1. The number of unbranched alkanes of at least 4 members (excludes halogenated alkanes) is 2. The first-order chi connectivity index (χ1) is 18.7. The maximum Gasteiger partial charge on any atom is 0.411 e. The number of esters is 2. The molecule has 0 aliphatic carbocycles. The van der Waals surface area contributed by atoms with Crippen LogP contribution in [-0.2, 0) is 35.2 Å². The van der Waals surface area contributed by atoms with Crippen LogP contribution < -0.4 is 0 Å². The third kappa shape index (κ3) is 12.1. The molecule has 0 saturated carbocycles. The summed E-state index contributed by atoms with van der Waals surface area (Å²) in [7, 11) is 0. The van der Waals surface area contributed by atoms with E-state index in [1.54, 1.807) is 20.8 Å². The van der Waals surface area contributed by atoms with Crippen LogP contribution in [0.5, 0.6) is 0 Å². The molecule has 40 heavy (non-hydrogen) atoms. The van der Waals surface area contributed by atoms with Gasteiger partial charge in [0.25, 0.3) is 0 Å². The number of ether oxygens (including phenoxy) is 3. The Kier molecular flexibility index (Phi) is 13.3. The summed E-state index contributed by atoms with van der Waals surface area (Å²) in [6, 6.07) is 8.06. The smallest absolute Gasteiger partial charge is 0.411 e. The van der Waals surface area contributed by atoms with Crippen LogP contribution in [0.2, 0.25) is 0 Å². The monoisotopic (exact) mass is 620 g/mol. The zero-order valence-electron chi connectivity index (χ0n) is 23.5.